The van der Waals surface area contributed by atoms with Crippen LogP contribution in [0.2, 0.25) is 0 Å². The molecule has 0 spiro atoms. The number of halogens is 1. The Kier molecular flexibility index (Phi) is 4.67. The van der Waals surface area contributed by atoms with E-state index in [9.17, 15) is 14.3 Å². The Morgan fingerprint density at radius 3 is 2.90 bits per heavy atom. The summed E-state index contributed by atoms with van der Waals surface area (Å²) in [5.41, 5.74) is 1.10. The van der Waals surface area contributed by atoms with Gasteiger partial charge in [-0.3, -0.25) is 4.79 Å². The second-order valence-electron chi connectivity index (χ2n) is 4.63. The van der Waals surface area contributed by atoms with Gasteiger partial charge >= 0.3 is 0 Å². The van der Waals surface area contributed by atoms with E-state index >= 15 is 0 Å². The van der Waals surface area contributed by atoms with Gasteiger partial charge in [-0.1, -0.05) is 0 Å². The molecule has 2 unspecified atom stereocenters. The molecule has 2 aromatic rings. The summed E-state index contributed by atoms with van der Waals surface area (Å²) in [4.78, 5) is 15.1. The molecule has 2 atom stereocenters. The molecule has 2 rings (SSSR count). The van der Waals surface area contributed by atoms with Gasteiger partial charge < -0.3 is 15.4 Å². The van der Waals surface area contributed by atoms with Crippen molar-refractivity contribution in [3.8, 4) is 0 Å². The number of amides is 1. The van der Waals surface area contributed by atoms with E-state index in [0.29, 0.717) is 16.6 Å². The highest BCUT2D eigenvalue weighted by atomic mass is 32.2. The van der Waals surface area contributed by atoms with Crippen molar-refractivity contribution in [1.29, 1.82) is 0 Å². The number of benzene rings is 1. The fourth-order valence-electron chi connectivity index (χ4n) is 2.04. The van der Waals surface area contributed by atoms with E-state index in [0.717, 1.165) is 0 Å². The van der Waals surface area contributed by atoms with Crippen molar-refractivity contribution in [1.82, 2.24) is 10.3 Å². The highest BCUT2D eigenvalue weighted by Gasteiger charge is 2.19. The van der Waals surface area contributed by atoms with Crippen LogP contribution in [0.5, 0.6) is 0 Å². The van der Waals surface area contributed by atoms with Crippen LogP contribution in [0.4, 0.5) is 4.39 Å². The van der Waals surface area contributed by atoms with Gasteiger partial charge in [0.25, 0.3) is 5.91 Å². The molecule has 0 bridgehead atoms. The predicted octanol–water partition coefficient (Wildman–Crippen LogP) is 2.15. The Morgan fingerprint density at radius 2 is 2.25 bits per heavy atom. The molecule has 20 heavy (non-hydrogen) atoms. The Balaban J connectivity index is 2.15. The number of aromatic nitrogens is 1. The first-order valence-electron chi connectivity index (χ1n) is 6.28. The third-order valence-electron chi connectivity index (χ3n) is 3.23. The Morgan fingerprint density at radius 1 is 1.50 bits per heavy atom. The molecular formula is C14H17FN2O2S. The number of hydrogen-bond donors (Lipinski definition) is 3. The molecule has 1 heterocycles. The summed E-state index contributed by atoms with van der Waals surface area (Å²) in [5, 5.41) is 12.6. The Labute approximate surface area is 120 Å². The summed E-state index contributed by atoms with van der Waals surface area (Å²) in [6, 6.07) is 5.78. The quantitative estimate of drug-likeness (QED) is 0.792. The zero-order chi connectivity index (χ0) is 14.7. The lowest BCUT2D eigenvalue weighted by molar-refractivity contribution is 0.0931. The van der Waals surface area contributed by atoms with E-state index in [1.807, 2.05) is 13.2 Å². The predicted molar refractivity (Wildman–Crippen MR) is 79.6 cm³/mol. The normalized spacial score (nSPS) is 14.2. The monoisotopic (exact) mass is 296 g/mol. The standard InChI is InChI=1S/C14H17FN2O2S/c1-8(13(7-18)20-2)16-14(19)12-6-9-5-10(15)3-4-11(9)17-12/h3-6,8,13,17-18H,7H2,1-2H3,(H,16,19). The fourth-order valence-corrected chi connectivity index (χ4v) is 2.67. The zero-order valence-electron chi connectivity index (χ0n) is 11.3. The number of aliphatic hydroxyl groups excluding tert-OH is 1. The third-order valence-corrected chi connectivity index (χ3v) is 4.39. The van der Waals surface area contributed by atoms with Crippen LogP contribution in [0.3, 0.4) is 0 Å². The summed E-state index contributed by atoms with van der Waals surface area (Å²) in [6.45, 7) is 1.85. The van der Waals surface area contributed by atoms with E-state index < -0.39 is 0 Å². The molecule has 4 nitrogen and oxygen atoms in total. The molecule has 0 aliphatic heterocycles. The van der Waals surface area contributed by atoms with Crippen molar-refractivity contribution in [2.24, 2.45) is 0 Å². The smallest absolute Gasteiger partial charge is 0.267 e. The van der Waals surface area contributed by atoms with Crippen LogP contribution in [0.15, 0.2) is 24.3 Å². The summed E-state index contributed by atoms with van der Waals surface area (Å²) >= 11 is 1.50. The number of H-pyrrole nitrogens is 1. The maximum absolute atomic E-state index is 13.1. The highest BCUT2D eigenvalue weighted by Crippen LogP contribution is 2.17. The van der Waals surface area contributed by atoms with Crippen LogP contribution < -0.4 is 5.32 Å². The number of hydrogen-bond acceptors (Lipinski definition) is 3. The van der Waals surface area contributed by atoms with Crippen LogP contribution in [0.1, 0.15) is 17.4 Å². The van der Waals surface area contributed by atoms with Crippen molar-refractivity contribution < 1.29 is 14.3 Å². The van der Waals surface area contributed by atoms with Crippen LogP contribution >= 0.6 is 11.8 Å². The summed E-state index contributed by atoms with van der Waals surface area (Å²) < 4.78 is 13.1. The van der Waals surface area contributed by atoms with E-state index in [-0.39, 0.29) is 29.6 Å². The molecule has 0 radical (unpaired) electrons. The van der Waals surface area contributed by atoms with E-state index in [1.165, 1.54) is 23.9 Å². The number of aliphatic hydroxyl groups is 1. The molecule has 0 saturated heterocycles. The molecule has 1 aromatic carbocycles. The van der Waals surface area contributed by atoms with Gasteiger partial charge in [-0.25, -0.2) is 4.39 Å². The van der Waals surface area contributed by atoms with Crippen LogP contribution in [-0.2, 0) is 0 Å². The van der Waals surface area contributed by atoms with Crippen molar-refractivity contribution in [2.75, 3.05) is 12.9 Å². The Hall–Kier alpha value is -1.53. The molecule has 108 valence electrons. The summed E-state index contributed by atoms with van der Waals surface area (Å²) in [5.74, 6) is -0.596. The van der Waals surface area contributed by atoms with Gasteiger partial charge in [-0.05, 0) is 37.4 Å². The molecule has 1 amide bonds. The first-order valence-corrected chi connectivity index (χ1v) is 7.56. The maximum atomic E-state index is 13.1. The molecule has 0 aliphatic carbocycles. The van der Waals surface area contributed by atoms with Gasteiger partial charge in [0.2, 0.25) is 0 Å². The fraction of sp³-hybridized carbons (Fsp3) is 0.357. The lowest BCUT2D eigenvalue weighted by atomic mass is 10.2. The van der Waals surface area contributed by atoms with Gasteiger partial charge in [-0.2, -0.15) is 11.8 Å². The number of rotatable bonds is 5. The topological polar surface area (TPSA) is 65.1 Å². The number of thioether (sulfide) groups is 1. The molecule has 6 heteroatoms. The highest BCUT2D eigenvalue weighted by molar-refractivity contribution is 7.99. The van der Waals surface area contributed by atoms with Gasteiger partial charge in [0.05, 0.1) is 6.61 Å². The van der Waals surface area contributed by atoms with E-state index in [2.05, 4.69) is 10.3 Å². The van der Waals surface area contributed by atoms with E-state index in [1.54, 1.807) is 12.1 Å². The minimum absolute atomic E-state index is 0.000522. The van der Waals surface area contributed by atoms with Crippen LogP contribution in [-0.4, -0.2) is 40.2 Å². The zero-order valence-corrected chi connectivity index (χ0v) is 12.1. The minimum Gasteiger partial charge on any atom is -0.395 e. The second kappa shape index (κ2) is 6.28. The summed E-state index contributed by atoms with van der Waals surface area (Å²) in [6.07, 6.45) is 1.88. The van der Waals surface area contributed by atoms with Crippen molar-refractivity contribution in [3.63, 3.8) is 0 Å². The largest absolute Gasteiger partial charge is 0.395 e. The SMILES string of the molecule is CSC(CO)C(C)NC(=O)c1cc2cc(F)ccc2[nH]1. The van der Waals surface area contributed by atoms with Gasteiger partial charge in [0, 0.05) is 22.2 Å². The average Bonchev–Trinajstić information content (AvgIpc) is 2.83. The lowest BCUT2D eigenvalue weighted by Crippen LogP contribution is -2.41. The Bertz CT molecular complexity index is 610. The van der Waals surface area contributed by atoms with Crippen molar-refractivity contribution in [2.45, 2.75) is 18.2 Å². The number of aromatic amines is 1. The maximum Gasteiger partial charge on any atom is 0.267 e. The molecule has 1 aromatic heterocycles. The molecule has 0 fully saturated rings. The molecule has 3 N–H and O–H groups in total. The average molecular weight is 296 g/mol. The number of fused-ring (bicyclic) bond motifs is 1. The van der Waals surface area contributed by atoms with Crippen LogP contribution in [0, 0.1) is 5.82 Å². The van der Waals surface area contributed by atoms with Gasteiger partial charge in [0.15, 0.2) is 0 Å². The van der Waals surface area contributed by atoms with Crippen LogP contribution in [0.25, 0.3) is 10.9 Å². The molecule has 0 aliphatic rings. The lowest BCUT2D eigenvalue weighted by Gasteiger charge is -2.20. The number of carbonyl (C=O) groups excluding carboxylic acids is 1. The van der Waals surface area contributed by atoms with Crippen molar-refractivity contribution in [3.05, 3.63) is 35.8 Å². The van der Waals surface area contributed by atoms with Gasteiger partial charge in [0.1, 0.15) is 11.5 Å². The first kappa shape index (κ1) is 14.9. The third kappa shape index (κ3) is 3.13. The summed E-state index contributed by atoms with van der Waals surface area (Å²) in [7, 11) is 0. The van der Waals surface area contributed by atoms with Gasteiger partial charge in [-0.15, -0.1) is 0 Å². The number of carbonyl (C=O) groups is 1. The minimum atomic E-state index is -0.334. The molecular weight excluding hydrogens is 279 g/mol. The molecule has 0 saturated carbocycles. The number of nitrogens with one attached hydrogen (secondary N) is 2. The second-order valence-corrected chi connectivity index (χ2v) is 5.71. The van der Waals surface area contributed by atoms with Crippen molar-refractivity contribution >= 4 is 28.6 Å². The van der Waals surface area contributed by atoms with E-state index in [4.69, 9.17) is 0 Å². The first-order chi connectivity index (χ1) is 9.55.